The third-order valence-corrected chi connectivity index (χ3v) is 4.49. The van der Waals surface area contributed by atoms with Gasteiger partial charge in [-0.2, -0.15) is 0 Å². The third kappa shape index (κ3) is 4.28. The molecule has 2 aromatic carbocycles. The van der Waals surface area contributed by atoms with Crippen LogP contribution in [-0.4, -0.2) is 17.8 Å². The Hall–Kier alpha value is -1.94. The van der Waals surface area contributed by atoms with Crippen molar-refractivity contribution in [1.82, 2.24) is 0 Å². The minimum atomic E-state index is -0.184. The number of carbonyl (C=O) groups is 1. The Morgan fingerprint density at radius 1 is 1.18 bits per heavy atom. The minimum Gasteiger partial charge on any atom is -0.492 e. The number of benzene rings is 2. The molecule has 0 aliphatic heterocycles. The van der Waals surface area contributed by atoms with Crippen molar-refractivity contribution in [1.29, 1.82) is 0 Å². The van der Waals surface area contributed by atoms with E-state index in [0.717, 1.165) is 4.90 Å². The van der Waals surface area contributed by atoms with Gasteiger partial charge >= 0.3 is 0 Å². The van der Waals surface area contributed by atoms with E-state index < -0.39 is 0 Å². The number of rotatable bonds is 6. The maximum atomic E-state index is 12.4. The van der Waals surface area contributed by atoms with Gasteiger partial charge in [0.2, 0.25) is 5.91 Å². The maximum Gasteiger partial charge on any atom is 0.237 e. The van der Waals surface area contributed by atoms with Gasteiger partial charge < -0.3 is 10.1 Å². The molecule has 1 N–H and O–H groups in total. The summed E-state index contributed by atoms with van der Waals surface area (Å²) in [6.45, 7) is 6.46. The first-order valence-electron chi connectivity index (χ1n) is 7.36. The average molecular weight is 315 g/mol. The first kappa shape index (κ1) is 16.4. The molecular weight excluding hydrogens is 294 g/mol. The molecule has 0 fully saturated rings. The molecule has 116 valence electrons. The number of hydrogen-bond donors (Lipinski definition) is 1. The summed E-state index contributed by atoms with van der Waals surface area (Å²) in [5.41, 5.74) is 1.90. The van der Waals surface area contributed by atoms with Gasteiger partial charge in [0.15, 0.2) is 0 Å². The summed E-state index contributed by atoms with van der Waals surface area (Å²) < 4.78 is 5.53. The van der Waals surface area contributed by atoms with E-state index in [-0.39, 0.29) is 11.2 Å². The molecule has 0 aliphatic carbocycles. The minimum absolute atomic E-state index is 0.0274. The monoisotopic (exact) mass is 315 g/mol. The summed E-state index contributed by atoms with van der Waals surface area (Å²) in [6.07, 6.45) is 0. The predicted molar refractivity (Wildman–Crippen MR) is 92.7 cm³/mol. The van der Waals surface area contributed by atoms with Crippen molar-refractivity contribution in [3.05, 3.63) is 54.1 Å². The molecular formula is C18H21NO2S. The lowest BCUT2D eigenvalue weighted by molar-refractivity contribution is -0.115. The van der Waals surface area contributed by atoms with Crippen LogP contribution >= 0.6 is 11.8 Å². The number of nitrogens with one attached hydrogen (secondary N) is 1. The number of thioether (sulfide) groups is 1. The van der Waals surface area contributed by atoms with E-state index in [2.05, 4.69) is 18.3 Å². The third-order valence-electron chi connectivity index (χ3n) is 3.21. The maximum absolute atomic E-state index is 12.4. The Morgan fingerprint density at radius 2 is 1.86 bits per heavy atom. The molecule has 2 rings (SSSR count). The van der Waals surface area contributed by atoms with Crippen LogP contribution in [0, 0.1) is 6.92 Å². The summed E-state index contributed by atoms with van der Waals surface area (Å²) in [4.78, 5) is 13.5. The number of carbonyl (C=O) groups excluding carboxylic acids is 1. The highest BCUT2D eigenvalue weighted by Gasteiger charge is 2.16. The molecule has 1 amide bonds. The van der Waals surface area contributed by atoms with E-state index in [1.165, 1.54) is 5.56 Å². The molecule has 0 radical (unpaired) electrons. The number of ether oxygens (including phenoxy) is 1. The highest BCUT2D eigenvalue weighted by atomic mass is 32.2. The van der Waals surface area contributed by atoms with Crippen molar-refractivity contribution >= 4 is 23.4 Å². The second kappa shape index (κ2) is 7.90. The second-order valence-corrected chi connectivity index (χ2v) is 6.33. The van der Waals surface area contributed by atoms with Crippen LogP contribution < -0.4 is 10.1 Å². The van der Waals surface area contributed by atoms with Crippen molar-refractivity contribution in [2.75, 3.05) is 11.9 Å². The van der Waals surface area contributed by atoms with E-state index in [0.29, 0.717) is 18.0 Å². The number of anilines is 1. The lowest BCUT2D eigenvalue weighted by Gasteiger charge is -2.15. The first-order valence-corrected chi connectivity index (χ1v) is 8.24. The van der Waals surface area contributed by atoms with Gasteiger partial charge in [-0.05, 0) is 44.5 Å². The Bertz CT molecular complexity index is 642. The Morgan fingerprint density at radius 3 is 2.59 bits per heavy atom. The van der Waals surface area contributed by atoms with Gasteiger partial charge in [0.1, 0.15) is 5.75 Å². The Labute approximate surface area is 136 Å². The second-order valence-electron chi connectivity index (χ2n) is 4.94. The van der Waals surface area contributed by atoms with Gasteiger partial charge in [-0.1, -0.05) is 30.3 Å². The van der Waals surface area contributed by atoms with Crippen LogP contribution in [0.2, 0.25) is 0 Å². The molecule has 0 spiro atoms. The highest BCUT2D eigenvalue weighted by molar-refractivity contribution is 8.00. The number of amides is 1. The van der Waals surface area contributed by atoms with Gasteiger partial charge in [-0.3, -0.25) is 4.79 Å². The normalized spacial score (nSPS) is 11.8. The molecule has 4 heteroatoms. The molecule has 0 aromatic heterocycles. The van der Waals surface area contributed by atoms with Crippen molar-refractivity contribution < 1.29 is 9.53 Å². The fourth-order valence-corrected chi connectivity index (χ4v) is 2.98. The predicted octanol–water partition coefficient (Wildman–Crippen LogP) is 4.51. The van der Waals surface area contributed by atoms with Gasteiger partial charge in [-0.15, -0.1) is 11.8 Å². The molecule has 1 unspecified atom stereocenters. The van der Waals surface area contributed by atoms with Gasteiger partial charge in [0.25, 0.3) is 0 Å². The van der Waals surface area contributed by atoms with E-state index in [9.17, 15) is 4.79 Å². The molecule has 0 heterocycles. The SMILES string of the molecule is CCOc1ccccc1NC(=O)C(C)Sc1ccccc1C. The zero-order valence-electron chi connectivity index (χ0n) is 13.1. The zero-order valence-corrected chi connectivity index (χ0v) is 13.9. The largest absolute Gasteiger partial charge is 0.492 e. The van der Waals surface area contributed by atoms with Gasteiger partial charge in [-0.25, -0.2) is 0 Å². The number of hydrogen-bond acceptors (Lipinski definition) is 3. The highest BCUT2D eigenvalue weighted by Crippen LogP contribution is 2.29. The van der Waals surface area contributed by atoms with Crippen LogP contribution in [0.4, 0.5) is 5.69 Å². The lowest BCUT2D eigenvalue weighted by atomic mass is 10.2. The number of para-hydroxylation sites is 2. The van der Waals surface area contributed by atoms with E-state index in [4.69, 9.17) is 4.74 Å². The summed E-state index contributed by atoms with van der Waals surface area (Å²) in [7, 11) is 0. The lowest BCUT2D eigenvalue weighted by Crippen LogP contribution is -2.22. The Kier molecular flexibility index (Phi) is 5.90. The standard InChI is InChI=1S/C18H21NO2S/c1-4-21-16-11-7-6-10-15(16)19-18(20)14(3)22-17-12-8-5-9-13(17)2/h5-12,14H,4H2,1-3H3,(H,19,20). The van der Waals surface area contributed by atoms with E-state index >= 15 is 0 Å². The van der Waals surface area contributed by atoms with Crippen molar-refractivity contribution in [3.8, 4) is 5.75 Å². The van der Waals surface area contributed by atoms with Crippen LogP contribution in [0.25, 0.3) is 0 Å². The molecule has 2 aromatic rings. The fourth-order valence-electron chi connectivity index (χ4n) is 2.02. The van der Waals surface area contributed by atoms with Crippen LogP contribution in [-0.2, 0) is 4.79 Å². The van der Waals surface area contributed by atoms with Gasteiger partial charge in [0, 0.05) is 4.90 Å². The summed E-state index contributed by atoms with van der Waals surface area (Å²) in [5.74, 6) is 0.673. The summed E-state index contributed by atoms with van der Waals surface area (Å²) in [5, 5.41) is 2.77. The average Bonchev–Trinajstić information content (AvgIpc) is 2.51. The molecule has 0 saturated heterocycles. The van der Waals surface area contributed by atoms with E-state index in [1.54, 1.807) is 11.8 Å². The van der Waals surface area contributed by atoms with Crippen LogP contribution in [0.3, 0.4) is 0 Å². The molecule has 3 nitrogen and oxygen atoms in total. The molecule has 0 saturated carbocycles. The smallest absolute Gasteiger partial charge is 0.237 e. The summed E-state index contributed by atoms with van der Waals surface area (Å²) >= 11 is 1.56. The molecule has 0 bridgehead atoms. The summed E-state index contributed by atoms with van der Waals surface area (Å²) in [6, 6.07) is 15.6. The topological polar surface area (TPSA) is 38.3 Å². The van der Waals surface area contributed by atoms with Crippen molar-refractivity contribution in [3.63, 3.8) is 0 Å². The first-order chi connectivity index (χ1) is 10.6. The van der Waals surface area contributed by atoms with Crippen molar-refractivity contribution in [2.24, 2.45) is 0 Å². The van der Waals surface area contributed by atoms with Crippen LogP contribution in [0.15, 0.2) is 53.4 Å². The van der Waals surface area contributed by atoms with E-state index in [1.807, 2.05) is 56.3 Å². The van der Waals surface area contributed by atoms with Crippen molar-refractivity contribution in [2.45, 2.75) is 30.9 Å². The quantitative estimate of drug-likeness (QED) is 0.797. The van der Waals surface area contributed by atoms with Gasteiger partial charge in [0.05, 0.1) is 17.5 Å². The molecule has 1 atom stereocenters. The molecule has 22 heavy (non-hydrogen) atoms. The number of aryl methyl sites for hydroxylation is 1. The fraction of sp³-hybridized carbons (Fsp3) is 0.278. The Balaban J connectivity index is 2.04. The van der Waals surface area contributed by atoms with Crippen LogP contribution in [0.5, 0.6) is 5.75 Å². The molecule has 0 aliphatic rings. The van der Waals surface area contributed by atoms with Crippen LogP contribution in [0.1, 0.15) is 19.4 Å². The zero-order chi connectivity index (χ0) is 15.9.